The Bertz CT molecular complexity index is 825. The normalized spacial score (nSPS) is 17.8. The maximum atomic E-state index is 12.9. The van der Waals surface area contributed by atoms with E-state index in [2.05, 4.69) is 10.3 Å². The SMILES string of the molecule is Cc1ccc(N=C2NC(=O)C(=Cc3ccc(F)cc3)S2)cc1C. The van der Waals surface area contributed by atoms with Crippen molar-refractivity contribution in [2.45, 2.75) is 13.8 Å². The number of nitrogens with zero attached hydrogens (tertiary/aromatic N) is 1. The summed E-state index contributed by atoms with van der Waals surface area (Å²) in [5.74, 6) is -0.491. The molecule has 0 bridgehead atoms. The van der Waals surface area contributed by atoms with Crippen LogP contribution in [0, 0.1) is 19.7 Å². The highest BCUT2D eigenvalue weighted by atomic mass is 32.2. The summed E-state index contributed by atoms with van der Waals surface area (Å²) in [6.07, 6.45) is 1.72. The molecule has 1 amide bonds. The molecule has 2 aromatic carbocycles. The maximum absolute atomic E-state index is 12.9. The number of amides is 1. The molecule has 2 aromatic rings. The van der Waals surface area contributed by atoms with Gasteiger partial charge in [0.05, 0.1) is 10.6 Å². The average molecular weight is 326 g/mol. The number of carbonyl (C=O) groups excluding carboxylic acids is 1. The lowest BCUT2D eigenvalue weighted by Gasteiger charge is -2.01. The number of aryl methyl sites for hydroxylation is 2. The predicted molar refractivity (Wildman–Crippen MR) is 93.1 cm³/mol. The zero-order chi connectivity index (χ0) is 16.4. The summed E-state index contributed by atoms with van der Waals surface area (Å²) in [7, 11) is 0. The van der Waals surface area contributed by atoms with Gasteiger partial charge in [0.15, 0.2) is 5.17 Å². The number of nitrogens with one attached hydrogen (secondary N) is 1. The van der Waals surface area contributed by atoms with Gasteiger partial charge in [0, 0.05) is 0 Å². The van der Waals surface area contributed by atoms with Gasteiger partial charge in [0.2, 0.25) is 0 Å². The summed E-state index contributed by atoms with van der Waals surface area (Å²) in [5, 5.41) is 3.30. The molecule has 0 aromatic heterocycles. The van der Waals surface area contributed by atoms with Gasteiger partial charge in [0.1, 0.15) is 5.82 Å². The van der Waals surface area contributed by atoms with E-state index in [4.69, 9.17) is 0 Å². The number of rotatable bonds is 2. The van der Waals surface area contributed by atoms with Crippen LogP contribution in [0.5, 0.6) is 0 Å². The number of hydrogen-bond acceptors (Lipinski definition) is 3. The second kappa shape index (κ2) is 6.38. The minimum absolute atomic E-state index is 0.193. The quantitative estimate of drug-likeness (QED) is 0.834. The van der Waals surface area contributed by atoms with Gasteiger partial charge in [-0.25, -0.2) is 9.38 Å². The van der Waals surface area contributed by atoms with Crippen LogP contribution in [-0.2, 0) is 4.79 Å². The number of hydrogen-bond donors (Lipinski definition) is 1. The predicted octanol–water partition coefficient (Wildman–Crippen LogP) is 4.33. The van der Waals surface area contributed by atoms with Gasteiger partial charge in [-0.3, -0.25) is 4.79 Å². The monoisotopic (exact) mass is 326 g/mol. The van der Waals surface area contributed by atoms with E-state index >= 15 is 0 Å². The molecule has 0 atom stereocenters. The molecule has 3 rings (SSSR count). The summed E-state index contributed by atoms with van der Waals surface area (Å²) in [6.45, 7) is 4.07. The van der Waals surface area contributed by atoms with E-state index in [1.54, 1.807) is 18.2 Å². The molecular weight excluding hydrogens is 311 g/mol. The van der Waals surface area contributed by atoms with Gasteiger partial charge in [-0.2, -0.15) is 0 Å². The lowest BCUT2D eigenvalue weighted by molar-refractivity contribution is -0.115. The first kappa shape index (κ1) is 15.5. The van der Waals surface area contributed by atoms with E-state index in [-0.39, 0.29) is 11.7 Å². The van der Waals surface area contributed by atoms with Crippen molar-refractivity contribution < 1.29 is 9.18 Å². The third-order valence-corrected chi connectivity index (χ3v) is 4.45. The van der Waals surface area contributed by atoms with Crippen molar-refractivity contribution in [2.75, 3.05) is 0 Å². The molecule has 5 heteroatoms. The molecule has 1 saturated heterocycles. The van der Waals surface area contributed by atoms with E-state index in [9.17, 15) is 9.18 Å². The van der Waals surface area contributed by atoms with Crippen LogP contribution in [-0.4, -0.2) is 11.1 Å². The summed E-state index contributed by atoms with van der Waals surface area (Å²) < 4.78 is 12.9. The van der Waals surface area contributed by atoms with Crippen LogP contribution in [0.4, 0.5) is 10.1 Å². The van der Waals surface area contributed by atoms with E-state index in [0.29, 0.717) is 10.1 Å². The van der Waals surface area contributed by atoms with E-state index < -0.39 is 0 Å². The minimum Gasteiger partial charge on any atom is -0.300 e. The van der Waals surface area contributed by atoms with Crippen LogP contribution in [0.3, 0.4) is 0 Å². The molecule has 1 N–H and O–H groups in total. The highest BCUT2D eigenvalue weighted by Gasteiger charge is 2.23. The van der Waals surface area contributed by atoms with Crippen LogP contribution >= 0.6 is 11.8 Å². The molecular formula is C18H15FN2OS. The van der Waals surface area contributed by atoms with Crippen molar-refractivity contribution in [2.24, 2.45) is 4.99 Å². The molecule has 0 aliphatic carbocycles. The van der Waals surface area contributed by atoms with Gasteiger partial charge in [0.25, 0.3) is 5.91 Å². The zero-order valence-corrected chi connectivity index (χ0v) is 13.6. The lowest BCUT2D eigenvalue weighted by atomic mass is 10.1. The Labute approximate surface area is 138 Å². The lowest BCUT2D eigenvalue weighted by Crippen LogP contribution is -2.19. The van der Waals surface area contributed by atoms with E-state index in [1.165, 1.54) is 29.5 Å². The van der Waals surface area contributed by atoms with E-state index in [0.717, 1.165) is 16.8 Å². The average Bonchev–Trinajstić information content (AvgIpc) is 2.85. The highest BCUT2D eigenvalue weighted by molar-refractivity contribution is 8.18. The molecule has 1 aliphatic rings. The smallest absolute Gasteiger partial charge is 0.264 e. The van der Waals surface area contributed by atoms with Gasteiger partial charge >= 0.3 is 0 Å². The zero-order valence-electron chi connectivity index (χ0n) is 12.8. The third-order valence-electron chi connectivity index (χ3n) is 3.54. The molecule has 23 heavy (non-hydrogen) atoms. The molecule has 1 aliphatic heterocycles. The van der Waals surface area contributed by atoms with Crippen molar-refractivity contribution in [3.8, 4) is 0 Å². The molecule has 0 spiro atoms. The van der Waals surface area contributed by atoms with Crippen molar-refractivity contribution >= 4 is 34.6 Å². The Morgan fingerprint density at radius 1 is 1.09 bits per heavy atom. The number of halogens is 1. The molecule has 0 radical (unpaired) electrons. The number of carbonyl (C=O) groups is 1. The molecule has 0 unspecified atom stereocenters. The number of amidine groups is 1. The van der Waals surface area contributed by atoms with Gasteiger partial charge < -0.3 is 5.32 Å². The molecule has 3 nitrogen and oxygen atoms in total. The van der Waals surface area contributed by atoms with Crippen molar-refractivity contribution in [1.29, 1.82) is 0 Å². The number of benzene rings is 2. The van der Waals surface area contributed by atoms with E-state index in [1.807, 2.05) is 32.0 Å². The Hall–Kier alpha value is -2.40. The fraction of sp³-hybridized carbons (Fsp3) is 0.111. The summed E-state index contributed by atoms with van der Waals surface area (Å²) >= 11 is 1.28. The first-order valence-corrected chi connectivity index (χ1v) is 7.95. The van der Waals surface area contributed by atoms with Crippen molar-refractivity contribution in [1.82, 2.24) is 5.32 Å². The van der Waals surface area contributed by atoms with Crippen molar-refractivity contribution in [3.63, 3.8) is 0 Å². The van der Waals surface area contributed by atoms with Gasteiger partial charge in [-0.1, -0.05) is 18.2 Å². The largest absolute Gasteiger partial charge is 0.300 e. The van der Waals surface area contributed by atoms with Crippen LogP contribution in [0.2, 0.25) is 0 Å². The fourth-order valence-electron chi connectivity index (χ4n) is 2.10. The minimum atomic E-state index is -0.298. The number of thioether (sulfide) groups is 1. The van der Waals surface area contributed by atoms with Crippen LogP contribution < -0.4 is 5.32 Å². The topological polar surface area (TPSA) is 41.5 Å². The standard InChI is InChI=1S/C18H15FN2OS/c1-11-3-8-15(9-12(11)2)20-18-21-17(22)16(23-18)10-13-4-6-14(19)7-5-13/h3-10H,1-2H3,(H,20,21,22). The van der Waals surface area contributed by atoms with Crippen LogP contribution in [0.15, 0.2) is 52.4 Å². The Morgan fingerprint density at radius 2 is 1.83 bits per heavy atom. The molecule has 1 fully saturated rings. The third kappa shape index (κ3) is 3.68. The van der Waals surface area contributed by atoms with Crippen LogP contribution in [0.25, 0.3) is 6.08 Å². The van der Waals surface area contributed by atoms with Crippen LogP contribution in [0.1, 0.15) is 16.7 Å². The molecule has 0 saturated carbocycles. The molecule has 1 heterocycles. The second-order valence-electron chi connectivity index (χ2n) is 5.30. The first-order chi connectivity index (χ1) is 11.0. The Morgan fingerprint density at radius 3 is 2.52 bits per heavy atom. The number of aliphatic imine (C=N–C) groups is 1. The molecule has 116 valence electrons. The summed E-state index contributed by atoms with van der Waals surface area (Å²) in [6, 6.07) is 11.9. The van der Waals surface area contributed by atoms with Gasteiger partial charge in [-0.15, -0.1) is 0 Å². The van der Waals surface area contributed by atoms with Gasteiger partial charge in [-0.05, 0) is 72.6 Å². The Kier molecular flexibility index (Phi) is 4.30. The first-order valence-electron chi connectivity index (χ1n) is 7.14. The summed E-state index contributed by atoms with van der Waals surface area (Å²) in [5.41, 5.74) is 3.94. The highest BCUT2D eigenvalue weighted by Crippen LogP contribution is 2.28. The fourth-order valence-corrected chi connectivity index (χ4v) is 2.95. The second-order valence-corrected chi connectivity index (χ2v) is 6.33. The maximum Gasteiger partial charge on any atom is 0.264 e. The Balaban J connectivity index is 1.82. The summed E-state index contributed by atoms with van der Waals surface area (Å²) in [4.78, 5) is 17.0. The van der Waals surface area contributed by atoms with Crippen molar-refractivity contribution in [3.05, 3.63) is 69.9 Å².